The summed E-state index contributed by atoms with van der Waals surface area (Å²) in [5.74, 6) is 1.19. The number of nitrogens with zero attached hydrogens (tertiary/aromatic N) is 1. The van der Waals surface area contributed by atoms with Crippen LogP contribution in [0, 0.1) is 5.82 Å². The SMILES string of the molecule is CCOc1cc(CCCN2CCOCC2)ccc1OCc1cccc(F)c1. The number of morpholine rings is 1. The second-order valence-electron chi connectivity index (χ2n) is 6.69. The molecule has 0 atom stereocenters. The van der Waals surface area contributed by atoms with Crippen molar-refractivity contribution >= 4 is 0 Å². The third-order valence-electron chi connectivity index (χ3n) is 4.63. The lowest BCUT2D eigenvalue weighted by molar-refractivity contribution is 0.0374. The van der Waals surface area contributed by atoms with Gasteiger partial charge < -0.3 is 14.2 Å². The molecule has 0 bridgehead atoms. The lowest BCUT2D eigenvalue weighted by Gasteiger charge is -2.26. The van der Waals surface area contributed by atoms with E-state index in [2.05, 4.69) is 17.0 Å². The van der Waals surface area contributed by atoms with Gasteiger partial charge in [-0.1, -0.05) is 18.2 Å². The fraction of sp³-hybridized carbons (Fsp3) is 0.455. The van der Waals surface area contributed by atoms with Crippen LogP contribution in [-0.4, -0.2) is 44.4 Å². The molecule has 0 unspecified atom stereocenters. The molecule has 5 heteroatoms. The summed E-state index contributed by atoms with van der Waals surface area (Å²) in [5, 5.41) is 0. The summed E-state index contributed by atoms with van der Waals surface area (Å²) in [6, 6.07) is 12.6. The lowest BCUT2D eigenvalue weighted by Crippen LogP contribution is -2.36. The molecule has 0 spiro atoms. The maximum Gasteiger partial charge on any atom is 0.161 e. The third-order valence-corrected chi connectivity index (χ3v) is 4.63. The molecular formula is C22H28FNO3. The predicted octanol–water partition coefficient (Wildman–Crippen LogP) is 4.07. The molecule has 1 saturated heterocycles. The summed E-state index contributed by atoms with van der Waals surface area (Å²) in [5.41, 5.74) is 2.04. The Morgan fingerprint density at radius 1 is 1.00 bits per heavy atom. The van der Waals surface area contributed by atoms with Gasteiger partial charge in [0.15, 0.2) is 11.5 Å². The highest BCUT2D eigenvalue weighted by Crippen LogP contribution is 2.30. The van der Waals surface area contributed by atoms with Crippen LogP contribution in [0.4, 0.5) is 4.39 Å². The molecule has 1 fully saturated rings. The number of ether oxygens (including phenoxy) is 3. The summed E-state index contributed by atoms with van der Waals surface area (Å²) in [6.07, 6.45) is 2.11. The molecule has 0 aromatic heterocycles. The van der Waals surface area contributed by atoms with E-state index >= 15 is 0 Å². The lowest BCUT2D eigenvalue weighted by atomic mass is 10.1. The van der Waals surface area contributed by atoms with Gasteiger partial charge in [-0.25, -0.2) is 4.39 Å². The highest BCUT2D eigenvalue weighted by Gasteiger charge is 2.11. The molecule has 3 rings (SSSR count). The third kappa shape index (κ3) is 6.22. The van der Waals surface area contributed by atoms with E-state index in [4.69, 9.17) is 14.2 Å². The standard InChI is InChI=1S/C22H28FNO3/c1-2-26-22-16-18(6-4-10-24-11-13-25-14-12-24)8-9-21(22)27-17-19-5-3-7-20(23)15-19/h3,5,7-9,15-16H,2,4,6,10-14,17H2,1H3. The Morgan fingerprint density at radius 2 is 1.85 bits per heavy atom. The largest absolute Gasteiger partial charge is 0.490 e. The first-order valence-electron chi connectivity index (χ1n) is 9.67. The van der Waals surface area contributed by atoms with E-state index in [1.54, 1.807) is 6.07 Å². The zero-order chi connectivity index (χ0) is 18.9. The van der Waals surface area contributed by atoms with Crippen LogP contribution in [0.25, 0.3) is 0 Å². The molecule has 0 saturated carbocycles. The summed E-state index contributed by atoms with van der Waals surface area (Å²) in [7, 11) is 0. The molecule has 4 nitrogen and oxygen atoms in total. The Morgan fingerprint density at radius 3 is 2.63 bits per heavy atom. The smallest absolute Gasteiger partial charge is 0.161 e. The highest BCUT2D eigenvalue weighted by molar-refractivity contribution is 5.43. The number of hydrogen-bond donors (Lipinski definition) is 0. The van der Waals surface area contributed by atoms with Gasteiger partial charge in [0.1, 0.15) is 12.4 Å². The predicted molar refractivity (Wildman–Crippen MR) is 104 cm³/mol. The second kappa shape index (κ2) is 10.3. The van der Waals surface area contributed by atoms with E-state index in [1.807, 2.05) is 19.1 Å². The van der Waals surface area contributed by atoms with Gasteiger partial charge in [0.05, 0.1) is 19.8 Å². The van der Waals surface area contributed by atoms with Crippen LogP contribution < -0.4 is 9.47 Å². The van der Waals surface area contributed by atoms with Gasteiger partial charge in [-0.05, 0) is 61.7 Å². The van der Waals surface area contributed by atoms with E-state index in [1.165, 1.54) is 17.7 Å². The zero-order valence-electron chi connectivity index (χ0n) is 16.0. The minimum Gasteiger partial charge on any atom is -0.490 e. The van der Waals surface area contributed by atoms with Crippen LogP contribution in [0.1, 0.15) is 24.5 Å². The van der Waals surface area contributed by atoms with Crippen LogP contribution in [0.3, 0.4) is 0 Å². The van der Waals surface area contributed by atoms with Gasteiger partial charge in [-0.3, -0.25) is 4.90 Å². The first-order valence-corrected chi connectivity index (χ1v) is 9.67. The van der Waals surface area contributed by atoms with Crippen molar-refractivity contribution in [3.8, 4) is 11.5 Å². The van der Waals surface area contributed by atoms with E-state index in [0.717, 1.165) is 57.0 Å². The van der Waals surface area contributed by atoms with E-state index in [0.29, 0.717) is 19.0 Å². The number of rotatable bonds is 9. The maximum absolute atomic E-state index is 13.3. The molecular weight excluding hydrogens is 345 g/mol. The Hall–Kier alpha value is -2.11. The quantitative estimate of drug-likeness (QED) is 0.663. The summed E-state index contributed by atoms with van der Waals surface area (Å²) in [6.45, 7) is 7.67. The van der Waals surface area contributed by atoms with Crippen LogP contribution >= 0.6 is 0 Å². The molecule has 1 heterocycles. The summed E-state index contributed by atoms with van der Waals surface area (Å²) in [4.78, 5) is 2.45. The van der Waals surface area contributed by atoms with Crippen molar-refractivity contribution in [3.63, 3.8) is 0 Å². The Labute approximate surface area is 160 Å². The molecule has 0 amide bonds. The van der Waals surface area contributed by atoms with E-state index in [9.17, 15) is 4.39 Å². The minimum atomic E-state index is -0.253. The monoisotopic (exact) mass is 373 g/mol. The average Bonchev–Trinajstić information content (AvgIpc) is 2.68. The molecule has 1 aliphatic rings. The maximum atomic E-state index is 13.3. The van der Waals surface area contributed by atoms with Crippen molar-refractivity contribution in [2.45, 2.75) is 26.4 Å². The number of halogens is 1. The molecule has 2 aromatic rings. The molecule has 1 aliphatic heterocycles. The van der Waals surface area contributed by atoms with Crippen LogP contribution in [0.15, 0.2) is 42.5 Å². The molecule has 146 valence electrons. The van der Waals surface area contributed by atoms with Gasteiger partial charge >= 0.3 is 0 Å². The number of aryl methyl sites for hydroxylation is 1. The molecule has 0 N–H and O–H groups in total. The summed E-state index contributed by atoms with van der Waals surface area (Å²) >= 11 is 0. The highest BCUT2D eigenvalue weighted by atomic mass is 19.1. The summed E-state index contributed by atoms with van der Waals surface area (Å²) < 4.78 is 30.3. The van der Waals surface area contributed by atoms with Gasteiger partial charge in [0.2, 0.25) is 0 Å². The van der Waals surface area contributed by atoms with Crippen molar-refractivity contribution in [3.05, 3.63) is 59.4 Å². The van der Waals surface area contributed by atoms with Gasteiger partial charge in [-0.2, -0.15) is 0 Å². The first-order chi connectivity index (χ1) is 13.2. The van der Waals surface area contributed by atoms with Crippen molar-refractivity contribution in [1.82, 2.24) is 4.90 Å². The van der Waals surface area contributed by atoms with Crippen LogP contribution in [-0.2, 0) is 17.8 Å². The molecule has 27 heavy (non-hydrogen) atoms. The van der Waals surface area contributed by atoms with E-state index < -0.39 is 0 Å². The Balaban J connectivity index is 1.56. The fourth-order valence-corrected chi connectivity index (χ4v) is 3.21. The first kappa shape index (κ1) is 19.6. The Kier molecular flexibility index (Phi) is 7.48. The number of hydrogen-bond acceptors (Lipinski definition) is 4. The molecule has 2 aromatic carbocycles. The zero-order valence-corrected chi connectivity index (χ0v) is 16.0. The van der Waals surface area contributed by atoms with Gasteiger partial charge in [0, 0.05) is 13.1 Å². The van der Waals surface area contributed by atoms with Crippen molar-refractivity contribution < 1.29 is 18.6 Å². The Bertz CT molecular complexity index is 716. The normalized spacial score (nSPS) is 14.9. The van der Waals surface area contributed by atoms with E-state index in [-0.39, 0.29) is 5.82 Å². The van der Waals surface area contributed by atoms with Crippen molar-refractivity contribution in [2.75, 3.05) is 39.5 Å². The van der Waals surface area contributed by atoms with Crippen molar-refractivity contribution in [1.29, 1.82) is 0 Å². The van der Waals surface area contributed by atoms with Crippen LogP contribution in [0.5, 0.6) is 11.5 Å². The second-order valence-corrected chi connectivity index (χ2v) is 6.69. The van der Waals surface area contributed by atoms with Crippen molar-refractivity contribution in [2.24, 2.45) is 0 Å². The van der Waals surface area contributed by atoms with Crippen LogP contribution in [0.2, 0.25) is 0 Å². The fourth-order valence-electron chi connectivity index (χ4n) is 3.21. The molecule has 0 radical (unpaired) electrons. The number of benzene rings is 2. The van der Waals surface area contributed by atoms with Gasteiger partial charge in [-0.15, -0.1) is 0 Å². The minimum absolute atomic E-state index is 0.253. The topological polar surface area (TPSA) is 30.9 Å². The van der Waals surface area contributed by atoms with Gasteiger partial charge in [0.25, 0.3) is 0 Å². The molecule has 0 aliphatic carbocycles. The average molecular weight is 373 g/mol.